The Morgan fingerprint density at radius 2 is 1.79 bits per heavy atom. The molecule has 0 fully saturated rings. The van der Waals surface area contributed by atoms with Crippen LogP contribution >= 0.6 is 0 Å². The number of anilines is 1. The van der Waals surface area contributed by atoms with Gasteiger partial charge in [0, 0.05) is 13.6 Å². The molecule has 1 N–H and O–H groups in total. The molecule has 2 amide bonds. The molecule has 2 aromatic carbocycles. The Kier molecular flexibility index (Phi) is 8.69. The quantitative estimate of drug-likeness (QED) is 0.561. The van der Waals surface area contributed by atoms with E-state index >= 15 is 0 Å². The van der Waals surface area contributed by atoms with E-state index in [-0.39, 0.29) is 18.1 Å². The summed E-state index contributed by atoms with van der Waals surface area (Å²) in [7, 11) is 0.600. The van der Waals surface area contributed by atoms with Gasteiger partial charge in [-0.3, -0.25) is 13.9 Å². The molecule has 0 aliphatic heterocycles. The molecule has 0 radical (unpaired) electrons. The Bertz CT molecular complexity index is 1100. The second-order valence-electron chi connectivity index (χ2n) is 7.61. The molecule has 33 heavy (non-hydrogen) atoms. The lowest BCUT2D eigenvalue weighted by molar-refractivity contribution is -0.139. The summed E-state index contributed by atoms with van der Waals surface area (Å²) < 4.78 is 36.9. The van der Waals surface area contributed by atoms with Gasteiger partial charge in [0.2, 0.25) is 21.8 Å². The van der Waals surface area contributed by atoms with Crippen molar-refractivity contribution in [2.45, 2.75) is 26.4 Å². The van der Waals surface area contributed by atoms with Gasteiger partial charge >= 0.3 is 0 Å². The van der Waals surface area contributed by atoms with Crippen molar-refractivity contribution in [2.75, 3.05) is 38.4 Å². The molecular weight excluding hydrogens is 446 g/mol. The number of hydrogen-bond acceptors (Lipinski definition) is 6. The minimum absolute atomic E-state index is 0.0905. The predicted octanol–water partition coefficient (Wildman–Crippen LogP) is 1.94. The van der Waals surface area contributed by atoms with Gasteiger partial charge in [-0.15, -0.1) is 0 Å². The maximum absolute atomic E-state index is 13.4. The number of nitrogens with zero attached hydrogens (tertiary/aromatic N) is 2. The number of nitrogens with one attached hydrogen (secondary N) is 1. The van der Waals surface area contributed by atoms with Gasteiger partial charge in [-0.2, -0.15) is 0 Å². The van der Waals surface area contributed by atoms with Gasteiger partial charge < -0.3 is 19.7 Å². The molecule has 9 nitrogen and oxygen atoms in total. The lowest BCUT2D eigenvalue weighted by atomic mass is 10.1. The SMILES string of the molecule is CNC(=O)[C@H](C)N(Cc1cccc(OC)c1)C(=O)CN(c1cc(C)ccc1OC)S(C)(=O)=O. The topological polar surface area (TPSA) is 105 Å². The molecule has 0 aromatic heterocycles. The molecule has 0 spiro atoms. The van der Waals surface area contributed by atoms with Crippen molar-refractivity contribution in [3.05, 3.63) is 53.6 Å². The first-order valence-corrected chi connectivity index (χ1v) is 12.1. The highest BCUT2D eigenvalue weighted by molar-refractivity contribution is 7.92. The lowest BCUT2D eigenvalue weighted by Gasteiger charge is -2.31. The molecule has 0 saturated heterocycles. The third-order valence-corrected chi connectivity index (χ3v) is 6.31. The summed E-state index contributed by atoms with van der Waals surface area (Å²) in [6.45, 7) is 3.00. The Morgan fingerprint density at radius 1 is 1.09 bits per heavy atom. The Morgan fingerprint density at radius 3 is 2.36 bits per heavy atom. The maximum Gasteiger partial charge on any atom is 0.244 e. The number of likely N-dealkylation sites (N-methyl/N-ethyl adjacent to an activating group) is 1. The average molecular weight is 478 g/mol. The molecular formula is C23H31N3O6S. The zero-order valence-electron chi connectivity index (χ0n) is 19.8. The van der Waals surface area contributed by atoms with Crippen molar-refractivity contribution >= 4 is 27.5 Å². The van der Waals surface area contributed by atoms with Crippen LogP contribution in [0, 0.1) is 6.92 Å². The molecule has 0 bridgehead atoms. The molecule has 0 heterocycles. The first-order chi connectivity index (χ1) is 15.5. The summed E-state index contributed by atoms with van der Waals surface area (Å²) in [5.74, 6) is 0.0143. The summed E-state index contributed by atoms with van der Waals surface area (Å²) in [5.41, 5.74) is 1.79. The predicted molar refractivity (Wildman–Crippen MR) is 127 cm³/mol. The first kappa shape index (κ1) is 26.0. The van der Waals surface area contributed by atoms with Crippen LogP contribution in [0.15, 0.2) is 42.5 Å². The standard InChI is InChI=1S/C23H31N3O6S/c1-16-10-11-21(32-5)20(12-16)26(33(6,29)30)15-22(27)25(17(2)23(28)24-3)14-18-8-7-9-19(13-18)31-4/h7-13,17H,14-15H2,1-6H3,(H,24,28)/t17-/m0/s1. The maximum atomic E-state index is 13.4. The van der Waals surface area contributed by atoms with Crippen molar-refractivity contribution < 1.29 is 27.5 Å². The highest BCUT2D eigenvalue weighted by Gasteiger charge is 2.31. The number of ether oxygens (including phenoxy) is 2. The van der Waals surface area contributed by atoms with Gasteiger partial charge in [0.05, 0.1) is 26.2 Å². The minimum atomic E-state index is -3.85. The monoisotopic (exact) mass is 477 g/mol. The van der Waals surface area contributed by atoms with E-state index in [1.165, 1.54) is 26.2 Å². The molecule has 1 atom stereocenters. The van der Waals surface area contributed by atoms with Crippen LogP contribution < -0.4 is 19.1 Å². The fourth-order valence-corrected chi connectivity index (χ4v) is 4.19. The Labute approximate surface area is 195 Å². The summed E-state index contributed by atoms with van der Waals surface area (Å²) in [5, 5.41) is 2.54. The van der Waals surface area contributed by atoms with Gasteiger partial charge in [-0.05, 0) is 49.2 Å². The summed E-state index contributed by atoms with van der Waals surface area (Å²) in [4.78, 5) is 27.2. The number of carbonyl (C=O) groups is 2. The fraction of sp³-hybridized carbons (Fsp3) is 0.391. The first-order valence-electron chi connectivity index (χ1n) is 10.3. The second-order valence-corrected chi connectivity index (χ2v) is 9.52. The van der Waals surface area contributed by atoms with Crippen LogP contribution in [0.3, 0.4) is 0 Å². The van der Waals surface area contributed by atoms with E-state index in [1.54, 1.807) is 49.4 Å². The third kappa shape index (κ3) is 6.61. The van der Waals surface area contributed by atoms with E-state index in [0.717, 1.165) is 21.7 Å². The third-order valence-electron chi connectivity index (χ3n) is 5.18. The lowest BCUT2D eigenvalue weighted by Crippen LogP contribution is -2.50. The average Bonchev–Trinajstić information content (AvgIpc) is 2.79. The van der Waals surface area contributed by atoms with Gasteiger partial charge in [0.1, 0.15) is 24.1 Å². The molecule has 2 aromatic rings. The largest absolute Gasteiger partial charge is 0.497 e. The highest BCUT2D eigenvalue weighted by Crippen LogP contribution is 2.31. The number of methoxy groups -OCH3 is 2. The van der Waals surface area contributed by atoms with E-state index in [1.807, 2.05) is 6.92 Å². The van der Waals surface area contributed by atoms with Crippen molar-refractivity contribution in [1.29, 1.82) is 0 Å². The number of sulfonamides is 1. The molecule has 0 unspecified atom stereocenters. The molecule has 180 valence electrons. The second kappa shape index (κ2) is 11.0. The van der Waals surface area contributed by atoms with Crippen molar-refractivity contribution in [3.63, 3.8) is 0 Å². The van der Waals surface area contributed by atoms with E-state index < -0.39 is 28.5 Å². The van der Waals surface area contributed by atoms with Gasteiger partial charge in [-0.25, -0.2) is 8.42 Å². The van der Waals surface area contributed by atoms with Crippen LogP contribution in [0.2, 0.25) is 0 Å². The van der Waals surface area contributed by atoms with Crippen LogP contribution in [0.5, 0.6) is 11.5 Å². The van der Waals surface area contributed by atoms with Crippen LogP contribution in [0.1, 0.15) is 18.1 Å². The van der Waals surface area contributed by atoms with Gasteiger partial charge in [0.25, 0.3) is 0 Å². The molecule has 0 saturated carbocycles. The summed E-state index contributed by atoms with van der Waals surface area (Å²) in [6.07, 6.45) is 1.02. The summed E-state index contributed by atoms with van der Waals surface area (Å²) in [6, 6.07) is 11.3. The number of benzene rings is 2. The number of amides is 2. The van der Waals surface area contributed by atoms with Crippen LogP contribution in [-0.2, 0) is 26.2 Å². The number of carbonyl (C=O) groups excluding carboxylic acids is 2. The van der Waals surface area contributed by atoms with Crippen molar-refractivity contribution in [2.24, 2.45) is 0 Å². The Balaban J connectivity index is 2.46. The van der Waals surface area contributed by atoms with Crippen molar-refractivity contribution in [3.8, 4) is 11.5 Å². The molecule has 10 heteroatoms. The zero-order valence-corrected chi connectivity index (χ0v) is 20.6. The van der Waals surface area contributed by atoms with Gasteiger partial charge in [-0.1, -0.05) is 18.2 Å². The van der Waals surface area contributed by atoms with E-state index in [2.05, 4.69) is 5.32 Å². The number of hydrogen-bond donors (Lipinski definition) is 1. The van der Waals surface area contributed by atoms with Crippen molar-refractivity contribution in [1.82, 2.24) is 10.2 Å². The number of rotatable bonds is 10. The van der Waals surface area contributed by atoms with E-state index in [9.17, 15) is 18.0 Å². The minimum Gasteiger partial charge on any atom is -0.497 e. The van der Waals surface area contributed by atoms with E-state index in [4.69, 9.17) is 9.47 Å². The van der Waals surface area contributed by atoms with Crippen LogP contribution in [-0.4, -0.2) is 65.2 Å². The molecule has 0 aliphatic rings. The zero-order chi connectivity index (χ0) is 24.8. The highest BCUT2D eigenvalue weighted by atomic mass is 32.2. The Hall–Kier alpha value is -3.27. The smallest absolute Gasteiger partial charge is 0.244 e. The normalized spacial score (nSPS) is 11.9. The fourth-order valence-electron chi connectivity index (χ4n) is 3.35. The number of aryl methyl sites for hydroxylation is 1. The molecule has 0 aliphatic carbocycles. The van der Waals surface area contributed by atoms with Crippen LogP contribution in [0.4, 0.5) is 5.69 Å². The van der Waals surface area contributed by atoms with Crippen LogP contribution in [0.25, 0.3) is 0 Å². The molecule has 2 rings (SSSR count). The van der Waals surface area contributed by atoms with E-state index in [0.29, 0.717) is 11.5 Å². The van der Waals surface area contributed by atoms with Gasteiger partial charge in [0.15, 0.2) is 0 Å². The summed E-state index contributed by atoms with van der Waals surface area (Å²) >= 11 is 0.